The molecule has 0 radical (unpaired) electrons. The molecule has 0 saturated heterocycles. The quantitative estimate of drug-likeness (QED) is 0.812. The molecular formula is C12H15IN2O2. The van der Waals surface area contributed by atoms with Gasteiger partial charge < -0.3 is 11.1 Å². The van der Waals surface area contributed by atoms with Gasteiger partial charge >= 0.3 is 0 Å². The Morgan fingerprint density at radius 3 is 2.47 bits per heavy atom. The number of carbonyl (C=O) groups is 2. The molecule has 0 aliphatic carbocycles. The van der Waals surface area contributed by atoms with E-state index in [0.29, 0.717) is 5.56 Å². The summed E-state index contributed by atoms with van der Waals surface area (Å²) in [7, 11) is 0. The number of benzene rings is 1. The van der Waals surface area contributed by atoms with Crippen LogP contribution in [0, 0.1) is 8.99 Å². The third-order valence-corrected chi connectivity index (χ3v) is 3.42. The number of halogens is 1. The summed E-state index contributed by atoms with van der Waals surface area (Å²) in [6.07, 6.45) is 0. The number of rotatable bonds is 4. The van der Waals surface area contributed by atoms with Crippen LogP contribution in [0.4, 0.5) is 0 Å². The van der Waals surface area contributed by atoms with Crippen molar-refractivity contribution < 1.29 is 9.59 Å². The Hall–Kier alpha value is -1.11. The zero-order valence-corrected chi connectivity index (χ0v) is 11.9. The molecule has 0 aliphatic rings. The lowest BCUT2D eigenvalue weighted by molar-refractivity contribution is -0.125. The normalized spacial score (nSPS) is 11.0. The van der Waals surface area contributed by atoms with E-state index in [-0.39, 0.29) is 12.5 Å². The maximum atomic E-state index is 11.9. The maximum Gasteiger partial charge on any atom is 0.252 e. The molecule has 1 aromatic rings. The van der Waals surface area contributed by atoms with Gasteiger partial charge in [-0.25, -0.2) is 0 Å². The Kier molecular flexibility index (Phi) is 4.50. The van der Waals surface area contributed by atoms with Crippen LogP contribution in [0.15, 0.2) is 24.3 Å². The lowest BCUT2D eigenvalue weighted by Gasteiger charge is -2.20. The summed E-state index contributed by atoms with van der Waals surface area (Å²) < 4.78 is 0.875. The van der Waals surface area contributed by atoms with Gasteiger partial charge in [-0.3, -0.25) is 9.59 Å². The van der Waals surface area contributed by atoms with E-state index in [1.165, 1.54) is 0 Å². The largest absolute Gasteiger partial charge is 0.369 e. The van der Waals surface area contributed by atoms with E-state index < -0.39 is 11.3 Å². The first-order valence-corrected chi connectivity index (χ1v) is 6.25. The molecule has 0 bridgehead atoms. The van der Waals surface area contributed by atoms with Crippen LogP contribution in [0.1, 0.15) is 24.2 Å². The third-order valence-electron chi connectivity index (χ3n) is 2.48. The Bertz CT molecular complexity index is 444. The number of nitrogens with two attached hydrogens (primary N) is 1. The van der Waals surface area contributed by atoms with Crippen molar-refractivity contribution in [3.63, 3.8) is 0 Å². The number of carbonyl (C=O) groups excluding carboxylic acids is 2. The second-order valence-electron chi connectivity index (χ2n) is 4.41. The summed E-state index contributed by atoms with van der Waals surface area (Å²) >= 11 is 2.10. The van der Waals surface area contributed by atoms with Crippen molar-refractivity contribution in [3.8, 4) is 0 Å². The van der Waals surface area contributed by atoms with Crippen LogP contribution in [0.3, 0.4) is 0 Å². The SMILES string of the molecule is CC(C)(CNC(=O)c1ccccc1I)C(N)=O. The van der Waals surface area contributed by atoms with Gasteiger partial charge in [0.2, 0.25) is 5.91 Å². The van der Waals surface area contributed by atoms with Gasteiger partial charge in [-0.15, -0.1) is 0 Å². The van der Waals surface area contributed by atoms with Gasteiger partial charge in [-0.05, 0) is 48.6 Å². The van der Waals surface area contributed by atoms with Crippen molar-refractivity contribution >= 4 is 34.4 Å². The molecule has 2 amide bonds. The van der Waals surface area contributed by atoms with Crippen molar-refractivity contribution in [3.05, 3.63) is 33.4 Å². The molecule has 0 unspecified atom stereocenters. The third kappa shape index (κ3) is 3.69. The predicted molar refractivity (Wildman–Crippen MR) is 74.5 cm³/mol. The molecule has 3 N–H and O–H groups in total. The van der Waals surface area contributed by atoms with Crippen molar-refractivity contribution in [2.24, 2.45) is 11.1 Å². The van der Waals surface area contributed by atoms with Crippen molar-refractivity contribution in [2.75, 3.05) is 6.54 Å². The van der Waals surface area contributed by atoms with Crippen LogP contribution in [0.5, 0.6) is 0 Å². The minimum atomic E-state index is -0.740. The van der Waals surface area contributed by atoms with Crippen LogP contribution in [-0.4, -0.2) is 18.4 Å². The molecule has 0 spiro atoms. The minimum Gasteiger partial charge on any atom is -0.369 e. The molecule has 0 aliphatic heterocycles. The average Bonchev–Trinajstić information content (AvgIpc) is 2.26. The lowest BCUT2D eigenvalue weighted by atomic mass is 9.92. The molecule has 1 rings (SSSR count). The monoisotopic (exact) mass is 346 g/mol. The standard InChI is InChI=1S/C12H15IN2O2/c1-12(2,11(14)17)7-15-10(16)8-5-3-4-6-9(8)13/h3-6H,7H2,1-2H3,(H2,14,17)(H,15,16). The highest BCUT2D eigenvalue weighted by Gasteiger charge is 2.25. The number of amides is 2. The fourth-order valence-electron chi connectivity index (χ4n) is 1.13. The second kappa shape index (κ2) is 5.48. The van der Waals surface area contributed by atoms with E-state index in [4.69, 9.17) is 5.73 Å². The van der Waals surface area contributed by atoms with Crippen LogP contribution >= 0.6 is 22.6 Å². The number of hydrogen-bond acceptors (Lipinski definition) is 2. The highest BCUT2D eigenvalue weighted by molar-refractivity contribution is 14.1. The van der Waals surface area contributed by atoms with Gasteiger partial charge in [-0.2, -0.15) is 0 Å². The number of hydrogen-bond donors (Lipinski definition) is 2. The van der Waals surface area contributed by atoms with E-state index in [1.54, 1.807) is 26.0 Å². The van der Waals surface area contributed by atoms with Crippen LogP contribution in [-0.2, 0) is 4.79 Å². The molecule has 0 aromatic heterocycles. The predicted octanol–water partition coefficient (Wildman–Crippen LogP) is 1.53. The number of nitrogens with one attached hydrogen (secondary N) is 1. The first-order chi connectivity index (χ1) is 7.84. The van der Waals surface area contributed by atoms with Gasteiger partial charge in [0.1, 0.15) is 0 Å². The second-order valence-corrected chi connectivity index (χ2v) is 5.57. The molecule has 4 nitrogen and oxygen atoms in total. The Morgan fingerprint density at radius 1 is 1.35 bits per heavy atom. The Labute approximate surface area is 114 Å². The summed E-state index contributed by atoms with van der Waals surface area (Å²) in [4.78, 5) is 23.0. The summed E-state index contributed by atoms with van der Waals surface area (Å²) in [5.41, 5.74) is 5.10. The van der Waals surface area contributed by atoms with Crippen LogP contribution < -0.4 is 11.1 Å². The van der Waals surface area contributed by atoms with E-state index in [1.807, 2.05) is 12.1 Å². The highest BCUT2D eigenvalue weighted by atomic mass is 127. The first-order valence-electron chi connectivity index (χ1n) is 5.17. The molecule has 92 valence electrons. The molecule has 0 fully saturated rings. The van der Waals surface area contributed by atoms with Crippen molar-refractivity contribution in [2.45, 2.75) is 13.8 Å². The smallest absolute Gasteiger partial charge is 0.252 e. The molecule has 0 heterocycles. The molecule has 1 aromatic carbocycles. The average molecular weight is 346 g/mol. The van der Waals surface area contributed by atoms with E-state index in [9.17, 15) is 9.59 Å². The topological polar surface area (TPSA) is 72.2 Å². The lowest BCUT2D eigenvalue weighted by Crippen LogP contribution is -2.42. The zero-order chi connectivity index (χ0) is 13.1. The van der Waals surface area contributed by atoms with Crippen molar-refractivity contribution in [1.82, 2.24) is 5.32 Å². The first kappa shape index (κ1) is 14.0. The van der Waals surface area contributed by atoms with Crippen LogP contribution in [0.2, 0.25) is 0 Å². The summed E-state index contributed by atoms with van der Waals surface area (Å²) in [6.45, 7) is 3.63. The van der Waals surface area contributed by atoms with E-state index in [2.05, 4.69) is 27.9 Å². The highest BCUT2D eigenvalue weighted by Crippen LogP contribution is 2.14. The maximum absolute atomic E-state index is 11.9. The summed E-state index contributed by atoms with van der Waals surface area (Å²) in [5.74, 6) is -0.620. The fourth-order valence-corrected chi connectivity index (χ4v) is 1.76. The van der Waals surface area contributed by atoms with Gasteiger partial charge in [-0.1, -0.05) is 12.1 Å². The number of primary amides is 1. The molecule has 0 saturated carbocycles. The van der Waals surface area contributed by atoms with Gasteiger partial charge in [0.25, 0.3) is 5.91 Å². The van der Waals surface area contributed by atoms with E-state index >= 15 is 0 Å². The molecule has 17 heavy (non-hydrogen) atoms. The Morgan fingerprint density at radius 2 is 1.94 bits per heavy atom. The fraction of sp³-hybridized carbons (Fsp3) is 0.333. The van der Waals surface area contributed by atoms with Crippen molar-refractivity contribution in [1.29, 1.82) is 0 Å². The van der Waals surface area contributed by atoms with Gasteiger partial charge in [0, 0.05) is 10.1 Å². The molecule has 5 heteroatoms. The molecular weight excluding hydrogens is 331 g/mol. The summed E-state index contributed by atoms with van der Waals surface area (Å²) in [5, 5.41) is 2.72. The summed E-state index contributed by atoms with van der Waals surface area (Å²) in [6, 6.07) is 7.27. The van der Waals surface area contributed by atoms with Gasteiger partial charge in [0.05, 0.1) is 11.0 Å². The minimum absolute atomic E-state index is 0.190. The Balaban J connectivity index is 2.69. The van der Waals surface area contributed by atoms with Gasteiger partial charge in [0.15, 0.2) is 0 Å². The van der Waals surface area contributed by atoms with Crippen LogP contribution in [0.25, 0.3) is 0 Å². The molecule has 0 atom stereocenters. The van der Waals surface area contributed by atoms with E-state index in [0.717, 1.165) is 3.57 Å². The zero-order valence-electron chi connectivity index (χ0n) is 9.79.